The van der Waals surface area contributed by atoms with Gasteiger partial charge in [-0.3, -0.25) is 19.8 Å². The molecule has 0 bridgehead atoms. The number of carbonyl (C=O) groups excluding carboxylic acids is 1. The monoisotopic (exact) mass is 476 g/mol. The van der Waals surface area contributed by atoms with Gasteiger partial charge in [-0.25, -0.2) is 0 Å². The molecule has 0 atom stereocenters. The molecule has 8 heteroatoms. The first-order valence-electron chi connectivity index (χ1n) is 11.0. The molecule has 0 saturated carbocycles. The summed E-state index contributed by atoms with van der Waals surface area (Å²) in [7, 11) is 0. The van der Waals surface area contributed by atoms with Crippen LogP contribution in [0.4, 0.5) is 17.1 Å². The van der Waals surface area contributed by atoms with Gasteiger partial charge >= 0.3 is 0 Å². The Morgan fingerprint density at radius 2 is 1.71 bits per heavy atom. The maximum atomic E-state index is 12.3. The number of anilines is 2. The normalized spacial score (nSPS) is 14.3. The first-order chi connectivity index (χ1) is 16.5. The van der Waals surface area contributed by atoms with Crippen LogP contribution in [0.5, 0.6) is 0 Å². The largest absolute Gasteiger partial charge is 0.369 e. The van der Waals surface area contributed by atoms with Gasteiger partial charge in [-0.2, -0.15) is 0 Å². The molecule has 1 fully saturated rings. The fraction of sp³-hybridized carbons (Fsp3) is 0.192. The minimum Gasteiger partial charge on any atom is -0.369 e. The zero-order valence-electron chi connectivity index (χ0n) is 18.6. The second-order valence-electron chi connectivity index (χ2n) is 8.09. The summed E-state index contributed by atoms with van der Waals surface area (Å²) in [6, 6.07) is 22.7. The van der Waals surface area contributed by atoms with Crippen molar-refractivity contribution in [3.05, 3.63) is 105 Å². The molecule has 1 amide bonds. The smallest absolute Gasteiger partial charge is 0.288 e. The Hall–Kier alpha value is -3.68. The standard InChI is InChI=1S/C26H25ClN4O3/c27-24-12-6-20(18-25(24)31(33)34)7-13-26(32)28-22-8-10-23(11-9-22)30-16-14-29(15-17-30)19-21-4-2-1-3-5-21/h1-13,18H,14-17,19H2,(H,28,32)/b13-7+. The van der Waals surface area contributed by atoms with Crippen LogP contribution in [0.15, 0.2) is 78.9 Å². The number of rotatable bonds is 7. The Kier molecular flexibility index (Phi) is 7.57. The quantitative estimate of drug-likeness (QED) is 0.287. The lowest BCUT2D eigenvalue weighted by molar-refractivity contribution is -0.384. The summed E-state index contributed by atoms with van der Waals surface area (Å²) in [5.41, 5.74) is 3.47. The third-order valence-electron chi connectivity index (χ3n) is 5.72. The number of benzene rings is 3. The molecular weight excluding hydrogens is 452 g/mol. The van der Waals surface area contributed by atoms with Crippen molar-refractivity contribution in [2.24, 2.45) is 0 Å². The van der Waals surface area contributed by atoms with E-state index < -0.39 is 4.92 Å². The number of amides is 1. The molecule has 3 aromatic carbocycles. The molecule has 34 heavy (non-hydrogen) atoms. The maximum absolute atomic E-state index is 12.3. The van der Waals surface area contributed by atoms with Crippen LogP contribution in [0.2, 0.25) is 5.02 Å². The average Bonchev–Trinajstić information content (AvgIpc) is 2.85. The number of piperazine rings is 1. The number of hydrogen-bond acceptors (Lipinski definition) is 5. The van der Waals surface area contributed by atoms with E-state index in [0.29, 0.717) is 11.3 Å². The zero-order chi connectivity index (χ0) is 23.9. The van der Waals surface area contributed by atoms with Gasteiger partial charge in [0.15, 0.2) is 0 Å². The van der Waals surface area contributed by atoms with Crippen LogP contribution in [-0.2, 0) is 11.3 Å². The predicted molar refractivity (Wildman–Crippen MR) is 136 cm³/mol. The Labute approximate surface area is 203 Å². The summed E-state index contributed by atoms with van der Waals surface area (Å²) in [6.45, 7) is 4.88. The third kappa shape index (κ3) is 6.21. The molecule has 0 unspecified atom stereocenters. The van der Waals surface area contributed by atoms with Crippen molar-refractivity contribution < 1.29 is 9.72 Å². The van der Waals surface area contributed by atoms with Crippen LogP contribution in [0, 0.1) is 10.1 Å². The van der Waals surface area contributed by atoms with Crippen LogP contribution < -0.4 is 10.2 Å². The van der Waals surface area contributed by atoms with Crippen LogP contribution in [0.3, 0.4) is 0 Å². The van der Waals surface area contributed by atoms with Crippen molar-refractivity contribution in [1.29, 1.82) is 0 Å². The molecule has 0 radical (unpaired) electrons. The lowest BCUT2D eigenvalue weighted by Crippen LogP contribution is -2.45. The van der Waals surface area contributed by atoms with E-state index in [1.54, 1.807) is 6.07 Å². The van der Waals surface area contributed by atoms with E-state index in [2.05, 4.69) is 39.4 Å². The molecule has 0 aliphatic carbocycles. The molecule has 3 aromatic rings. The van der Waals surface area contributed by atoms with E-state index in [4.69, 9.17) is 11.6 Å². The summed E-state index contributed by atoms with van der Waals surface area (Å²) in [5.74, 6) is -0.320. The van der Waals surface area contributed by atoms with E-state index in [9.17, 15) is 14.9 Å². The van der Waals surface area contributed by atoms with Crippen LogP contribution in [-0.4, -0.2) is 41.9 Å². The second-order valence-corrected chi connectivity index (χ2v) is 8.49. The first kappa shape index (κ1) is 23.5. The lowest BCUT2D eigenvalue weighted by Gasteiger charge is -2.36. The zero-order valence-corrected chi connectivity index (χ0v) is 19.3. The van der Waals surface area contributed by atoms with Gasteiger partial charge in [0.05, 0.1) is 4.92 Å². The topological polar surface area (TPSA) is 78.7 Å². The number of carbonyl (C=O) groups is 1. The summed E-state index contributed by atoms with van der Waals surface area (Å²) < 4.78 is 0. The fourth-order valence-electron chi connectivity index (χ4n) is 3.89. The molecule has 0 spiro atoms. The predicted octanol–water partition coefficient (Wildman–Crippen LogP) is 5.22. The summed E-state index contributed by atoms with van der Waals surface area (Å²) in [6.07, 6.45) is 2.86. The molecule has 174 valence electrons. The minimum absolute atomic E-state index is 0.0595. The van der Waals surface area contributed by atoms with Gasteiger partial charge < -0.3 is 10.2 Å². The lowest BCUT2D eigenvalue weighted by atomic mass is 10.2. The van der Waals surface area contributed by atoms with E-state index in [0.717, 1.165) is 38.4 Å². The van der Waals surface area contributed by atoms with Crippen LogP contribution >= 0.6 is 11.6 Å². The molecule has 1 aliphatic rings. The molecule has 1 N–H and O–H groups in total. The average molecular weight is 477 g/mol. The van der Waals surface area contributed by atoms with Crippen molar-refractivity contribution in [2.75, 3.05) is 36.4 Å². The third-order valence-corrected chi connectivity index (χ3v) is 6.03. The summed E-state index contributed by atoms with van der Waals surface area (Å²) in [4.78, 5) is 27.5. The number of nitro groups is 1. The van der Waals surface area contributed by atoms with Gasteiger partial charge in [0.25, 0.3) is 5.69 Å². The van der Waals surface area contributed by atoms with Gasteiger partial charge in [0.2, 0.25) is 5.91 Å². The van der Waals surface area contributed by atoms with E-state index in [1.165, 1.54) is 29.8 Å². The Balaban J connectivity index is 1.28. The first-order valence-corrected chi connectivity index (χ1v) is 11.4. The highest BCUT2D eigenvalue weighted by Gasteiger charge is 2.17. The number of nitrogens with one attached hydrogen (secondary N) is 1. The highest BCUT2D eigenvalue weighted by atomic mass is 35.5. The number of hydrogen-bond donors (Lipinski definition) is 1. The van der Waals surface area contributed by atoms with Crippen LogP contribution in [0.1, 0.15) is 11.1 Å². The highest BCUT2D eigenvalue weighted by molar-refractivity contribution is 6.32. The Bertz CT molecular complexity index is 1170. The SMILES string of the molecule is O=C(/C=C/c1ccc(Cl)c([N+](=O)[O-])c1)Nc1ccc(N2CCN(Cc3ccccc3)CC2)cc1. The van der Waals surface area contributed by atoms with Gasteiger partial charge in [-0.05, 0) is 47.5 Å². The number of nitrogens with zero attached hydrogens (tertiary/aromatic N) is 3. The van der Waals surface area contributed by atoms with Crippen LogP contribution in [0.25, 0.3) is 6.08 Å². The van der Waals surface area contributed by atoms with Crippen molar-refractivity contribution in [2.45, 2.75) is 6.54 Å². The van der Waals surface area contributed by atoms with Gasteiger partial charge in [-0.15, -0.1) is 0 Å². The molecule has 7 nitrogen and oxygen atoms in total. The minimum atomic E-state index is -0.551. The molecule has 1 saturated heterocycles. The van der Waals surface area contributed by atoms with Crippen molar-refractivity contribution in [3.63, 3.8) is 0 Å². The van der Waals surface area contributed by atoms with Crippen molar-refractivity contribution in [3.8, 4) is 0 Å². The molecule has 1 heterocycles. The van der Waals surface area contributed by atoms with E-state index >= 15 is 0 Å². The molecule has 0 aromatic heterocycles. The van der Waals surface area contributed by atoms with E-state index in [-0.39, 0.29) is 16.6 Å². The summed E-state index contributed by atoms with van der Waals surface area (Å²) in [5, 5.41) is 13.9. The highest BCUT2D eigenvalue weighted by Crippen LogP contribution is 2.25. The second kappa shape index (κ2) is 11.0. The number of halogens is 1. The maximum Gasteiger partial charge on any atom is 0.288 e. The Morgan fingerprint density at radius 1 is 1.00 bits per heavy atom. The molecular formula is C26H25ClN4O3. The summed E-state index contributed by atoms with van der Waals surface area (Å²) >= 11 is 5.82. The van der Waals surface area contributed by atoms with Gasteiger partial charge in [-0.1, -0.05) is 48.0 Å². The fourth-order valence-corrected chi connectivity index (χ4v) is 4.08. The molecule has 4 rings (SSSR count). The van der Waals surface area contributed by atoms with Crippen molar-refractivity contribution in [1.82, 2.24) is 4.90 Å². The molecule has 1 aliphatic heterocycles. The van der Waals surface area contributed by atoms with Gasteiger partial charge in [0, 0.05) is 56.2 Å². The number of nitro benzene ring substituents is 1. The van der Waals surface area contributed by atoms with E-state index in [1.807, 2.05) is 30.3 Å². The Morgan fingerprint density at radius 3 is 2.38 bits per heavy atom. The van der Waals surface area contributed by atoms with Crippen molar-refractivity contribution >= 4 is 40.6 Å². The van der Waals surface area contributed by atoms with Gasteiger partial charge in [0.1, 0.15) is 5.02 Å².